The molecule has 1 aliphatic rings. The zero-order chi connectivity index (χ0) is 24.8. The molecule has 0 saturated heterocycles. The molecule has 0 radical (unpaired) electrons. The smallest absolute Gasteiger partial charge is 0.248 e. The van der Waals surface area contributed by atoms with Gasteiger partial charge in [0.1, 0.15) is 6.04 Å². The van der Waals surface area contributed by atoms with Crippen LogP contribution in [0.15, 0.2) is 66.0 Å². The van der Waals surface area contributed by atoms with Gasteiger partial charge in [0, 0.05) is 22.2 Å². The molecule has 2 amide bonds. The highest BCUT2D eigenvalue weighted by Gasteiger charge is 2.34. The topological polar surface area (TPSA) is 66.5 Å². The Bertz CT molecular complexity index is 1150. The zero-order valence-corrected chi connectivity index (χ0v) is 21.1. The van der Waals surface area contributed by atoms with Gasteiger partial charge >= 0.3 is 0 Å². The molecule has 1 fully saturated rings. The van der Waals surface area contributed by atoms with E-state index in [1.54, 1.807) is 29.2 Å². The molecule has 1 saturated carbocycles. The van der Waals surface area contributed by atoms with Crippen molar-refractivity contribution in [1.82, 2.24) is 5.32 Å². The van der Waals surface area contributed by atoms with Crippen molar-refractivity contribution < 1.29 is 14.4 Å². The Morgan fingerprint density at radius 1 is 0.971 bits per heavy atom. The molecule has 182 valence electrons. The van der Waals surface area contributed by atoms with Crippen LogP contribution in [0.2, 0.25) is 0 Å². The third kappa shape index (κ3) is 6.25. The lowest BCUT2D eigenvalue weighted by Crippen LogP contribution is -2.47. The highest BCUT2D eigenvalue weighted by molar-refractivity contribution is 7.10. The Morgan fingerprint density at radius 3 is 2.26 bits per heavy atom. The summed E-state index contributed by atoms with van der Waals surface area (Å²) in [5.74, 6) is -0.374. The number of Topliss-reactive ketones (excluding diaryl/α,β-unsaturated/α-hetero) is 1. The second-order valence-corrected chi connectivity index (χ2v) is 10.3. The number of carbonyl (C=O) groups excluding carboxylic acids is 3. The summed E-state index contributed by atoms with van der Waals surface area (Å²) in [5, 5.41) is 5.19. The second kappa shape index (κ2) is 11.5. The maximum Gasteiger partial charge on any atom is 0.248 e. The Hall–Kier alpha value is -3.25. The average molecular weight is 489 g/mol. The summed E-state index contributed by atoms with van der Waals surface area (Å²) in [6, 6.07) is 17.9. The predicted octanol–water partition coefficient (Wildman–Crippen LogP) is 6.03. The van der Waals surface area contributed by atoms with Gasteiger partial charge in [0.25, 0.3) is 0 Å². The first kappa shape index (κ1) is 24.9. The van der Waals surface area contributed by atoms with Gasteiger partial charge in [0.05, 0.1) is 6.42 Å². The summed E-state index contributed by atoms with van der Waals surface area (Å²) in [7, 11) is 0. The fourth-order valence-electron chi connectivity index (χ4n) is 4.63. The van der Waals surface area contributed by atoms with Gasteiger partial charge in [-0.3, -0.25) is 19.3 Å². The number of thiophene rings is 1. The molecule has 0 aliphatic heterocycles. The third-order valence-corrected chi connectivity index (χ3v) is 7.45. The number of hydrogen-bond acceptors (Lipinski definition) is 4. The monoisotopic (exact) mass is 488 g/mol. The van der Waals surface area contributed by atoms with E-state index < -0.39 is 6.04 Å². The van der Waals surface area contributed by atoms with Crippen molar-refractivity contribution in [1.29, 1.82) is 0 Å². The van der Waals surface area contributed by atoms with Gasteiger partial charge in [-0.05, 0) is 68.0 Å². The molecule has 5 nitrogen and oxygen atoms in total. The largest absolute Gasteiger partial charge is 0.351 e. The van der Waals surface area contributed by atoms with E-state index in [1.807, 2.05) is 48.7 Å². The summed E-state index contributed by atoms with van der Waals surface area (Å²) >= 11 is 1.52. The number of rotatable bonds is 8. The first-order valence-corrected chi connectivity index (χ1v) is 13.1. The number of carbonyl (C=O) groups is 3. The average Bonchev–Trinajstić information content (AvgIpc) is 3.37. The Labute approximate surface area is 211 Å². The van der Waals surface area contributed by atoms with Crippen molar-refractivity contribution in [2.45, 2.75) is 64.5 Å². The van der Waals surface area contributed by atoms with E-state index in [-0.39, 0.29) is 30.1 Å². The molecule has 0 spiro atoms. The molecular weight excluding hydrogens is 456 g/mol. The Morgan fingerprint density at radius 2 is 1.66 bits per heavy atom. The molecule has 1 heterocycles. The van der Waals surface area contributed by atoms with Gasteiger partial charge in [-0.15, -0.1) is 11.3 Å². The number of aryl methyl sites for hydroxylation is 1. The van der Waals surface area contributed by atoms with Gasteiger partial charge in [0.2, 0.25) is 11.8 Å². The van der Waals surface area contributed by atoms with Crippen LogP contribution in [-0.4, -0.2) is 23.6 Å². The molecule has 1 aliphatic carbocycles. The van der Waals surface area contributed by atoms with Crippen molar-refractivity contribution in [2.75, 3.05) is 4.90 Å². The van der Waals surface area contributed by atoms with Crippen molar-refractivity contribution >= 4 is 34.6 Å². The molecule has 1 N–H and O–H groups in total. The zero-order valence-electron chi connectivity index (χ0n) is 20.3. The van der Waals surface area contributed by atoms with Crippen LogP contribution in [0.3, 0.4) is 0 Å². The fourth-order valence-corrected chi connectivity index (χ4v) is 5.33. The summed E-state index contributed by atoms with van der Waals surface area (Å²) < 4.78 is 0. The maximum atomic E-state index is 13.8. The molecule has 6 heteroatoms. The van der Waals surface area contributed by atoms with Crippen molar-refractivity contribution in [3.05, 3.63) is 87.6 Å². The van der Waals surface area contributed by atoms with E-state index in [0.29, 0.717) is 11.3 Å². The first-order chi connectivity index (χ1) is 16.9. The minimum atomic E-state index is -0.812. The van der Waals surface area contributed by atoms with Gasteiger partial charge < -0.3 is 5.32 Å². The fraction of sp³-hybridized carbons (Fsp3) is 0.345. The van der Waals surface area contributed by atoms with Crippen LogP contribution >= 0.6 is 11.3 Å². The Kier molecular flexibility index (Phi) is 8.13. The molecular formula is C29H32N2O3S. The lowest BCUT2D eigenvalue weighted by molar-refractivity contribution is -0.127. The van der Waals surface area contributed by atoms with E-state index in [2.05, 4.69) is 5.32 Å². The molecule has 2 aromatic carbocycles. The van der Waals surface area contributed by atoms with Gasteiger partial charge in [-0.2, -0.15) is 0 Å². The van der Waals surface area contributed by atoms with Gasteiger partial charge in [-0.25, -0.2) is 0 Å². The van der Waals surface area contributed by atoms with Gasteiger partial charge in [-0.1, -0.05) is 55.2 Å². The minimum absolute atomic E-state index is 0.0434. The van der Waals surface area contributed by atoms with Crippen molar-refractivity contribution in [3.8, 4) is 0 Å². The lowest BCUT2D eigenvalue weighted by atomic mass is 9.94. The minimum Gasteiger partial charge on any atom is -0.351 e. The quantitative estimate of drug-likeness (QED) is 0.394. The normalized spacial score (nSPS) is 14.8. The molecule has 1 atom stereocenters. The lowest BCUT2D eigenvalue weighted by Gasteiger charge is -2.33. The SMILES string of the molecule is CC(=O)c1ccc(N(C(=O)Cc2cccs2)[C@H](C(=O)NC2CCCCC2)c2ccc(C)cc2)cc1. The van der Waals surface area contributed by atoms with Crippen molar-refractivity contribution in [3.63, 3.8) is 0 Å². The molecule has 0 unspecified atom stereocenters. The van der Waals surface area contributed by atoms with E-state index in [0.717, 1.165) is 41.7 Å². The summed E-state index contributed by atoms with van der Waals surface area (Å²) in [5.41, 5.74) is 3.01. The number of benzene rings is 2. The standard InChI is InChI=1S/C29H32N2O3S/c1-20-10-12-23(13-11-20)28(29(34)30-24-7-4-3-5-8-24)31(27(33)19-26-9-6-18-35-26)25-16-14-22(15-17-25)21(2)32/h6,9-18,24,28H,3-5,7-8,19H2,1-2H3,(H,30,34)/t28-/m0/s1. The number of amides is 2. The third-order valence-electron chi connectivity index (χ3n) is 6.58. The summed E-state index contributed by atoms with van der Waals surface area (Å²) in [4.78, 5) is 42.0. The molecule has 0 bridgehead atoms. The van der Waals surface area contributed by atoms with E-state index >= 15 is 0 Å². The van der Waals surface area contributed by atoms with Crippen LogP contribution in [0.1, 0.15) is 71.4 Å². The summed E-state index contributed by atoms with van der Waals surface area (Å²) in [6.07, 6.45) is 5.53. The highest BCUT2D eigenvalue weighted by Crippen LogP contribution is 2.31. The van der Waals surface area contributed by atoms with Crippen LogP contribution < -0.4 is 10.2 Å². The molecule has 3 aromatic rings. The number of anilines is 1. The predicted molar refractivity (Wildman–Crippen MR) is 141 cm³/mol. The molecule has 1 aromatic heterocycles. The highest BCUT2D eigenvalue weighted by atomic mass is 32.1. The van der Waals surface area contributed by atoms with Crippen LogP contribution in [0.4, 0.5) is 5.69 Å². The van der Waals surface area contributed by atoms with Crippen LogP contribution in [0.25, 0.3) is 0 Å². The number of hydrogen-bond donors (Lipinski definition) is 1. The number of ketones is 1. The maximum absolute atomic E-state index is 13.8. The number of nitrogens with one attached hydrogen (secondary N) is 1. The van der Waals surface area contributed by atoms with Crippen LogP contribution in [0.5, 0.6) is 0 Å². The van der Waals surface area contributed by atoms with E-state index in [4.69, 9.17) is 0 Å². The number of nitrogens with zero attached hydrogens (tertiary/aromatic N) is 1. The molecule has 4 rings (SSSR count). The van der Waals surface area contributed by atoms with Gasteiger partial charge in [0.15, 0.2) is 5.78 Å². The van der Waals surface area contributed by atoms with E-state index in [1.165, 1.54) is 24.7 Å². The van der Waals surface area contributed by atoms with Crippen molar-refractivity contribution in [2.24, 2.45) is 0 Å². The van der Waals surface area contributed by atoms with Crippen LogP contribution in [-0.2, 0) is 16.0 Å². The first-order valence-electron chi connectivity index (χ1n) is 12.2. The van der Waals surface area contributed by atoms with Crippen LogP contribution in [0, 0.1) is 6.92 Å². The summed E-state index contributed by atoms with van der Waals surface area (Å²) in [6.45, 7) is 3.52. The Balaban J connectivity index is 1.75. The molecule has 35 heavy (non-hydrogen) atoms. The van der Waals surface area contributed by atoms with E-state index in [9.17, 15) is 14.4 Å². The second-order valence-electron chi connectivity index (χ2n) is 9.28.